The molecule has 4 rings (SSSR count). The van der Waals surface area contributed by atoms with Crippen molar-refractivity contribution < 1.29 is 1.43 Å². The SMILES string of the molecule is Cc1ccc2c(c1)C1(CCN([C@H](C)C3CCCC3)CC1)CN2.[HH]. The lowest BCUT2D eigenvalue weighted by molar-refractivity contribution is 0.0973. The molecule has 0 aromatic heterocycles. The van der Waals surface area contributed by atoms with Crippen molar-refractivity contribution in [1.29, 1.82) is 0 Å². The number of aryl methyl sites for hydroxylation is 1. The van der Waals surface area contributed by atoms with E-state index in [0.717, 1.165) is 18.5 Å². The fraction of sp³-hybridized carbons (Fsp3) is 0.700. The lowest BCUT2D eigenvalue weighted by Gasteiger charge is -2.43. The van der Waals surface area contributed by atoms with E-state index in [-0.39, 0.29) is 1.43 Å². The highest BCUT2D eigenvalue weighted by Crippen LogP contribution is 2.45. The number of rotatable bonds is 2. The van der Waals surface area contributed by atoms with Crippen molar-refractivity contribution in [2.75, 3.05) is 25.0 Å². The zero-order chi connectivity index (χ0) is 15.2. The van der Waals surface area contributed by atoms with E-state index < -0.39 is 0 Å². The first-order valence-electron chi connectivity index (χ1n) is 9.27. The Morgan fingerprint density at radius 2 is 1.95 bits per heavy atom. The van der Waals surface area contributed by atoms with Crippen LogP contribution < -0.4 is 5.32 Å². The van der Waals surface area contributed by atoms with Gasteiger partial charge in [-0.25, -0.2) is 0 Å². The molecule has 1 saturated heterocycles. The maximum Gasteiger partial charge on any atom is 0.0379 e. The molecule has 1 atom stereocenters. The number of likely N-dealkylation sites (tertiary alicyclic amines) is 1. The van der Waals surface area contributed by atoms with E-state index in [0.29, 0.717) is 5.41 Å². The lowest BCUT2D eigenvalue weighted by Crippen LogP contribution is -2.48. The standard InChI is InChI=1S/C20H30N2.H2/c1-15-7-8-19-18(13-15)20(14-21-19)9-11-22(12-10-20)16(2)17-5-3-4-6-17;/h7-8,13,16-17,21H,3-6,9-12,14H2,1-2H3;1H/t16-;/m1./s1. The molecule has 2 aliphatic heterocycles. The molecule has 1 aromatic carbocycles. The minimum Gasteiger partial charge on any atom is -0.384 e. The number of nitrogens with zero attached hydrogens (tertiary/aromatic N) is 1. The van der Waals surface area contributed by atoms with Gasteiger partial charge in [-0.05, 0) is 70.2 Å². The highest BCUT2D eigenvalue weighted by molar-refractivity contribution is 5.61. The Bertz CT molecular complexity index is 543. The molecule has 2 heteroatoms. The van der Waals surface area contributed by atoms with Crippen LogP contribution in [0.3, 0.4) is 0 Å². The molecule has 0 radical (unpaired) electrons. The highest BCUT2D eigenvalue weighted by Gasteiger charge is 2.42. The summed E-state index contributed by atoms with van der Waals surface area (Å²) in [5.74, 6) is 0.963. The van der Waals surface area contributed by atoms with Gasteiger partial charge in [0, 0.05) is 25.1 Å². The van der Waals surface area contributed by atoms with Crippen molar-refractivity contribution >= 4 is 5.69 Å². The van der Waals surface area contributed by atoms with Crippen molar-refractivity contribution in [3.8, 4) is 0 Å². The number of benzene rings is 1. The molecule has 3 aliphatic rings. The maximum atomic E-state index is 3.67. The predicted octanol–water partition coefficient (Wildman–Crippen LogP) is 4.58. The van der Waals surface area contributed by atoms with E-state index in [4.69, 9.17) is 0 Å². The molecule has 122 valence electrons. The van der Waals surface area contributed by atoms with Crippen LogP contribution in [-0.4, -0.2) is 30.6 Å². The minimum absolute atomic E-state index is 0. The van der Waals surface area contributed by atoms with E-state index >= 15 is 0 Å². The second-order valence-electron chi connectivity index (χ2n) is 8.00. The molecule has 22 heavy (non-hydrogen) atoms. The van der Waals surface area contributed by atoms with Crippen molar-refractivity contribution in [3.05, 3.63) is 29.3 Å². The van der Waals surface area contributed by atoms with Crippen LogP contribution in [-0.2, 0) is 5.41 Å². The molecule has 1 aliphatic carbocycles. The maximum absolute atomic E-state index is 3.67. The van der Waals surface area contributed by atoms with E-state index in [9.17, 15) is 0 Å². The number of fused-ring (bicyclic) bond motifs is 2. The summed E-state index contributed by atoms with van der Waals surface area (Å²) in [4.78, 5) is 2.79. The molecule has 1 saturated carbocycles. The van der Waals surface area contributed by atoms with Gasteiger partial charge in [0.1, 0.15) is 0 Å². The summed E-state index contributed by atoms with van der Waals surface area (Å²) in [5.41, 5.74) is 4.81. The third kappa shape index (κ3) is 2.36. The first-order valence-corrected chi connectivity index (χ1v) is 9.27. The summed E-state index contributed by atoms with van der Waals surface area (Å²) < 4.78 is 0. The summed E-state index contributed by atoms with van der Waals surface area (Å²) in [5, 5.41) is 3.67. The topological polar surface area (TPSA) is 15.3 Å². The Morgan fingerprint density at radius 3 is 2.68 bits per heavy atom. The van der Waals surface area contributed by atoms with Crippen LogP contribution in [0.15, 0.2) is 18.2 Å². The van der Waals surface area contributed by atoms with E-state index in [2.05, 4.69) is 42.3 Å². The number of nitrogens with one attached hydrogen (secondary N) is 1. The van der Waals surface area contributed by atoms with Gasteiger partial charge in [-0.3, -0.25) is 0 Å². The second-order valence-corrected chi connectivity index (χ2v) is 8.00. The Labute approximate surface area is 136 Å². The summed E-state index contributed by atoms with van der Waals surface area (Å²) in [6.45, 7) is 8.43. The van der Waals surface area contributed by atoms with Crippen molar-refractivity contribution in [2.24, 2.45) is 5.92 Å². The molecule has 1 aromatic rings. The molecule has 0 amide bonds. The highest BCUT2D eigenvalue weighted by atomic mass is 15.2. The van der Waals surface area contributed by atoms with Crippen LogP contribution in [0.5, 0.6) is 0 Å². The van der Waals surface area contributed by atoms with Gasteiger partial charge >= 0.3 is 0 Å². The molecule has 0 unspecified atom stereocenters. The van der Waals surface area contributed by atoms with Crippen molar-refractivity contribution in [1.82, 2.24) is 4.90 Å². The van der Waals surface area contributed by atoms with E-state index in [1.165, 1.54) is 62.9 Å². The second kappa shape index (κ2) is 5.56. The Kier molecular flexibility index (Phi) is 3.68. The van der Waals surface area contributed by atoms with E-state index in [1.54, 1.807) is 5.56 Å². The fourth-order valence-corrected chi connectivity index (χ4v) is 5.15. The summed E-state index contributed by atoms with van der Waals surface area (Å²) >= 11 is 0. The molecule has 2 heterocycles. The zero-order valence-electron chi connectivity index (χ0n) is 14.2. The third-order valence-corrected chi connectivity index (χ3v) is 6.78. The van der Waals surface area contributed by atoms with Crippen LogP contribution in [0.2, 0.25) is 0 Å². The number of piperidine rings is 1. The Balaban J connectivity index is 0.00000156. The van der Waals surface area contributed by atoms with Crippen LogP contribution in [0.25, 0.3) is 0 Å². The molecule has 1 spiro atoms. The molecule has 2 nitrogen and oxygen atoms in total. The predicted molar refractivity (Wildman–Crippen MR) is 95.7 cm³/mol. The van der Waals surface area contributed by atoms with Crippen LogP contribution in [0.1, 0.15) is 58.0 Å². The molecule has 2 fully saturated rings. The molecule has 0 bridgehead atoms. The van der Waals surface area contributed by atoms with Gasteiger partial charge in [-0.1, -0.05) is 30.5 Å². The van der Waals surface area contributed by atoms with Gasteiger partial charge in [0.2, 0.25) is 0 Å². The zero-order valence-corrected chi connectivity index (χ0v) is 14.2. The largest absolute Gasteiger partial charge is 0.384 e. The van der Waals surface area contributed by atoms with Crippen molar-refractivity contribution in [3.63, 3.8) is 0 Å². The first kappa shape index (κ1) is 14.6. The Morgan fingerprint density at radius 1 is 1.23 bits per heavy atom. The van der Waals surface area contributed by atoms with Gasteiger partial charge in [0.15, 0.2) is 0 Å². The average molecular weight is 300 g/mol. The smallest absolute Gasteiger partial charge is 0.0379 e. The normalized spacial score (nSPS) is 26.1. The van der Waals surface area contributed by atoms with Crippen LogP contribution in [0, 0.1) is 12.8 Å². The molecular formula is C20H32N2. The van der Waals surface area contributed by atoms with Gasteiger partial charge < -0.3 is 10.2 Å². The fourth-order valence-electron chi connectivity index (χ4n) is 5.15. The van der Waals surface area contributed by atoms with Gasteiger partial charge in [-0.2, -0.15) is 0 Å². The van der Waals surface area contributed by atoms with Crippen molar-refractivity contribution in [2.45, 2.75) is 63.8 Å². The third-order valence-electron chi connectivity index (χ3n) is 6.78. The Hall–Kier alpha value is -1.02. The van der Waals surface area contributed by atoms with Gasteiger partial charge in [-0.15, -0.1) is 0 Å². The lowest BCUT2D eigenvalue weighted by atomic mass is 9.73. The summed E-state index contributed by atoms with van der Waals surface area (Å²) in [6, 6.07) is 7.76. The van der Waals surface area contributed by atoms with Gasteiger partial charge in [0.25, 0.3) is 0 Å². The quantitative estimate of drug-likeness (QED) is 0.860. The average Bonchev–Trinajstić information content (AvgIpc) is 3.17. The minimum atomic E-state index is 0. The number of hydrogen-bond acceptors (Lipinski definition) is 2. The van der Waals surface area contributed by atoms with Crippen LogP contribution >= 0.6 is 0 Å². The monoisotopic (exact) mass is 300 g/mol. The summed E-state index contributed by atoms with van der Waals surface area (Å²) in [6.07, 6.45) is 8.51. The molecule has 1 N–H and O–H groups in total. The number of hydrogen-bond donors (Lipinski definition) is 1. The number of anilines is 1. The summed E-state index contributed by atoms with van der Waals surface area (Å²) in [7, 11) is 0. The van der Waals surface area contributed by atoms with Crippen LogP contribution in [0.4, 0.5) is 5.69 Å². The molecular weight excluding hydrogens is 268 g/mol. The van der Waals surface area contributed by atoms with Gasteiger partial charge in [0.05, 0.1) is 0 Å². The first-order chi connectivity index (χ1) is 10.7. The van der Waals surface area contributed by atoms with E-state index in [1.807, 2.05) is 0 Å².